The van der Waals surface area contributed by atoms with Crippen molar-refractivity contribution in [3.8, 4) is 17.2 Å². The van der Waals surface area contributed by atoms with E-state index in [2.05, 4.69) is 16.4 Å². The van der Waals surface area contributed by atoms with Crippen LogP contribution in [0.3, 0.4) is 0 Å². The first kappa shape index (κ1) is 19.3. The van der Waals surface area contributed by atoms with Crippen molar-refractivity contribution in [1.82, 2.24) is 10.3 Å². The number of nitriles is 1. The van der Waals surface area contributed by atoms with Crippen LogP contribution in [0.4, 0.5) is 10.1 Å². The molecule has 0 radical (unpaired) electrons. The number of amides is 1. The molecule has 4 fully saturated rings. The van der Waals surface area contributed by atoms with E-state index in [1.54, 1.807) is 6.07 Å². The van der Waals surface area contributed by atoms with Crippen molar-refractivity contribution < 1.29 is 9.18 Å². The lowest BCUT2D eigenvalue weighted by molar-refractivity contribution is -0.0438. The lowest BCUT2D eigenvalue weighted by Crippen LogP contribution is -2.68. The standard InChI is InChI=1S/C22H21ClFN5O/c23-14-3-13(4-15(24)5-14)19-18(9-25)27-10-17(20(19)29-2-1-16(26)11-29)21(30)28-22-6-12(7-22)8-22/h3-5,10,12,16H,1-2,6-8,11,26H2,(H,28,30)/t12?,16-,22?/m0/s1. The largest absolute Gasteiger partial charge is 0.369 e. The lowest BCUT2D eigenvalue weighted by atomic mass is 9.50. The zero-order valence-electron chi connectivity index (χ0n) is 16.3. The molecule has 8 heteroatoms. The van der Waals surface area contributed by atoms with Gasteiger partial charge in [-0.3, -0.25) is 4.79 Å². The van der Waals surface area contributed by atoms with Crippen molar-refractivity contribution in [2.45, 2.75) is 37.3 Å². The van der Waals surface area contributed by atoms with Crippen LogP contribution in [0.15, 0.2) is 24.4 Å². The van der Waals surface area contributed by atoms with Crippen LogP contribution < -0.4 is 16.0 Å². The van der Waals surface area contributed by atoms with Gasteiger partial charge < -0.3 is 16.0 Å². The van der Waals surface area contributed by atoms with Gasteiger partial charge in [-0.1, -0.05) is 11.6 Å². The minimum Gasteiger partial charge on any atom is -0.369 e. The predicted molar refractivity (Wildman–Crippen MR) is 112 cm³/mol. The maximum atomic E-state index is 14.2. The van der Waals surface area contributed by atoms with Gasteiger partial charge in [-0.05, 0) is 55.4 Å². The molecule has 1 amide bonds. The summed E-state index contributed by atoms with van der Waals surface area (Å²) in [7, 11) is 0. The summed E-state index contributed by atoms with van der Waals surface area (Å²) >= 11 is 6.10. The van der Waals surface area contributed by atoms with Crippen molar-refractivity contribution in [2.75, 3.05) is 18.0 Å². The van der Waals surface area contributed by atoms with Gasteiger partial charge >= 0.3 is 0 Å². The number of nitrogens with two attached hydrogens (primary N) is 1. The summed E-state index contributed by atoms with van der Waals surface area (Å²) in [6.07, 6.45) is 5.25. The number of halogens is 2. The number of carbonyl (C=O) groups is 1. The fourth-order valence-corrected chi connectivity index (χ4v) is 5.20. The van der Waals surface area contributed by atoms with E-state index in [1.807, 2.05) is 4.90 Å². The average Bonchev–Trinajstić information content (AvgIpc) is 3.07. The Bertz CT molecular complexity index is 1060. The molecule has 3 aliphatic carbocycles. The first-order valence-electron chi connectivity index (χ1n) is 10.1. The summed E-state index contributed by atoms with van der Waals surface area (Å²) in [4.78, 5) is 19.5. The minimum atomic E-state index is -0.519. The van der Waals surface area contributed by atoms with Gasteiger partial charge in [0, 0.05) is 41.5 Å². The molecule has 2 bridgehead atoms. The molecule has 1 aliphatic heterocycles. The Morgan fingerprint density at radius 2 is 2.13 bits per heavy atom. The maximum Gasteiger partial charge on any atom is 0.255 e. The Balaban J connectivity index is 1.67. The Morgan fingerprint density at radius 3 is 2.70 bits per heavy atom. The van der Waals surface area contributed by atoms with Crippen LogP contribution in [0.5, 0.6) is 0 Å². The van der Waals surface area contributed by atoms with Gasteiger partial charge in [0.05, 0.1) is 11.3 Å². The van der Waals surface area contributed by atoms with E-state index in [0.29, 0.717) is 35.5 Å². The summed E-state index contributed by atoms with van der Waals surface area (Å²) in [6, 6.07) is 6.15. The normalized spacial score (nSPS) is 26.5. The highest BCUT2D eigenvalue weighted by Crippen LogP contribution is 2.57. The molecule has 3 N–H and O–H groups in total. The third kappa shape index (κ3) is 3.11. The van der Waals surface area contributed by atoms with E-state index in [4.69, 9.17) is 17.3 Å². The molecule has 2 heterocycles. The van der Waals surface area contributed by atoms with Crippen molar-refractivity contribution in [3.05, 3.63) is 46.5 Å². The Hall–Kier alpha value is -2.69. The molecule has 154 valence electrons. The second-order valence-corrected chi connectivity index (χ2v) is 9.16. The third-order valence-corrected chi connectivity index (χ3v) is 6.73. The van der Waals surface area contributed by atoms with Crippen LogP contribution in [-0.4, -0.2) is 35.6 Å². The van der Waals surface area contributed by atoms with Crippen molar-refractivity contribution in [1.29, 1.82) is 5.26 Å². The molecule has 2 aromatic rings. The van der Waals surface area contributed by atoms with Crippen LogP contribution in [0, 0.1) is 23.1 Å². The van der Waals surface area contributed by atoms with Crippen LogP contribution >= 0.6 is 11.6 Å². The number of benzene rings is 1. The average molecular weight is 426 g/mol. The molecular formula is C22H21ClFN5O. The molecule has 1 aromatic heterocycles. The molecule has 30 heavy (non-hydrogen) atoms. The van der Waals surface area contributed by atoms with Gasteiger partial charge in [0.25, 0.3) is 5.91 Å². The molecule has 4 aliphatic rings. The van der Waals surface area contributed by atoms with E-state index in [9.17, 15) is 14.4 Å². The molecule has 1 atom stereocenters. The predicted octanol–water partition coefficient (Wildman–Crippen LogP) is 3.23. The summed E-state index contributed by atoms with van der Waals surface area (Å²) < 4.78 is 14.2. The van der Waals surface area contributed by atoms with Gasteiger partial charge in [-0.2, -0.15) is 5.26 Å². The zero-order chi connectivity index (χ0) is 21.0. The Labute approximate surface area is 178 Å². The highest BCUT2D eigenvalue weighted by Gasteiger charge is 2.57. The zero-order valence-corrected chi connectivity index (χ0v) is 17.0. The summed E-state index contributed by atoms with van der Waals surface area (Å²) in [5.74, 6) is -0.0102. The van der Waals surface area contributed by atoms with E-state index in [0.717, 1.165) is 31.6 Å². The molecule has 6 nitrogen and oxygen atoms in total. The fraction of sp³-hybridized carbons (Fsp3) is 0.409. The number of rotatable bonds is 4. The van der Waals surface area contributed by atoms with Gasteiger partial charge in [0.1, 0.15) is 17.6 Å². The van der Waals surface area contributed by atoms with E-state index in [-0.39, 0.29) is 28.2 Å². The smallest absolute Gasteiger partial charge is 0.255 e. The second-order valence-electron chi connectivity index (χ2n) is 8.72. The first-order valence-corrected chi connectivity index (χ1v) is 10.5. The third-order valence-electron chi connectivity index (χ3n) is 6.51. The number of nitrogens with zero attached hydrogens (tertiary/aromatic N) is 3. The van der Waals surface area contributed by atoms with E-state index < -0.39 is 5.82 Å². The maximum absolute atomic E-state index is 14.2. The number of nitrogens with one attached hydrogen (secondary N) is 1. The number of hydrogen-bond acceptors (Lipinski definition) is 5. The number of anilines is 1. The number of pyridine rings is 1. The summed E-state index contributed by atoms with van der Waals surface area (Å²) in [5.41, 5.74) is 7.93. The van der Waals surface area contributed by atoms with Crippen LogP contribution in [0.25, 0.3) is 11.1 Å². The van der Waals surface area contributed by atoms with Gasteiger partial charge in [-0.15, -0.1) is 0 Å². The second kappa shape index (κ2) is 6.93. The van der Waals surface area contributed by atoms with E-state index >= 15 is 0 Å². The van der Waals surface area contributed by atoms with Crippen molar-refractivity contribution >= 4 is 23.2 Å². The first-order chi connectivity index (χ1) is 14.4. The molecule has 0 unspecified atom stereocenters. The Kier molecular flexibility index (Phi) is 4.46. The van der Waals surface area contributed by atoms with Gasteiger partial charge in [0.2, 0.25) is 0 Å². The van der Waals surface area contributed by atoms with Crippen LogP contribution in [0.2, 0.25) is 5.02 Å². The monoisotopic (exact) mass is 425 g/mol. The molecule has 0 spiro atoms. The fourth-order valence-electron chi connectivity index (χ4n) is 4.98. The number of hydrogen-bond donors (Lipinski definition) is 2. The molecular weight excluding hydrogens is 405 g/mol. The summed E-state index contributed by atoms with van der Waals surface area (Å²) in [6.45, 7) is 1.18. The van der Waals surface area contributed by atoms with Crippen molar-refractivity contribution in [3.63, 3.8) is 0 Å². The Morgan fingerprint density at radius 1 is 1.37 bits per heavy atom. The highest BCUT2D eigenvalue weighted by molar-refractivity contribution is 6.31. The molecule has 1 aromatic carbocycles. The number of carbonyl (C=O) groups excluding carboxylic acids is 1. The molecule has 3 saturated carbocycles. The quantitative estimate of drug-likeness (QED) is 0.784. The van der Waals surface area contributed by atoms with Gasteiger partial charge in [0.15, 0.2) is 0 Å². The lowest BCUT2D eigenvalue weighted by Gasteiger charge is -2.61. The van der Waals surface area contributed by atoms with Crippen LogP contribution in [0.1, 0.15) is 41.7 Å². The minimum absolute atomic E-state index is 0.0406. The van der Waals surface area contributed by atoms with Gasteiger partial charge in [-0.25, -0.2) is 9.37 Å². The van der Waals surface area contributed by atoms with E-state index in [1.165, 1.54) is 18.3 Å². The molecule has 6 rings (SSSR count). The highest BCUT2D eigenvalue weighted by atomic mass is 35.5. The SMILES string of the molecule is N#Cc1ncc(C(=O)NC23CC(C2)C3)c(N2CC[C@H](N)C2)c1-c1cc(F)cc(Cl)c1. The molecule has 1 saturated heterocycles. The number of aromatic nitrogens is 1. The topological polar surface area (TPSA) is 95.0 Å². The summed E-state index contributed by atoms with van der Waals surface area (Å²) in [5, 5.41) is 13.1. The van der Waals surface area contributed by atoms with Crippen LogP contribution in [-0.2, 0) is 0 Å². The van der Waals surface area contributed by atoms with Crippen molar-refractivity contribution in [2.24, 2.45) is 11.7 Å².